The van der Waals surface area contributed by atoms with Crippen molar-refractivity contribution in [3.63, 3.8) is 0 Å². The van der Waals surface area contributed by atoms with E-state index in [0.29, 0.717) is 18.3 Å². The summed E-state index contributed by atoms with van der Waals surface area (Å²) in [6.45, 7) is -0.0691. The van der Waals surface area contributed by atoms with Gasteiger partial charge in [-0.25, -0.2) is 4.39 Å². The number of aliphatic hydroxyl groups excluding tert-OH is 3. The Hall–Kier alpha value is -1.17. The number of benzene rings is 1. The van der Waals surface area contributed by atoms with Crippen molar-refractivity contribution in [1.29, 1.82) is 0 Å². The third-order valence-corrected chi connectivity index (χ3v) is 3.01. The summed E-state index contributed by atoms with van der Waals surface area (Å²) < 4.78 is 18.7. The van der Waals surface area contributed by atoms with Gasteiger partial charge in [-0.15, -0.1) is 0 Å². The van der Waals surface area contributed by atoms with Crippen molar-refractivity contribution < 1.29 is 24.4 Å². The molecule has 1 fully saturated rings. The lowest BCUT2D eigenvalue weighted by molar-refractivity contribution is -0.0166. The zero-order chi connectivity index (χ0) is 13.1. The molecule has 1 saturated carbocycles. The Kier molecular flexibility index (Phi) is 4.16. The topological polar surface area (TPSA) is 69.9 Å². The maximum atomic E-state index is 13.2. The van der Waals surface area contributed by atoms with Gasteiger partial charge in [0.05, 0.1) is 13.2 Å². The summed E-state index contributed by atoms with van der Waals surface area (Å²) >= 11 is 0. The van der Waals surface area contributed by atoms with Gasteiger partial charge in [0.2, 0.25) is 0 Å². The maximum Gasteiger partial charge on any atom is 0.125 e. The molecular weight excluding hydrogens is 239 g/mol. The first kappa shape index (κ1) is 13.3. The summed E-state index contributed by atoms with van der Waals surface area (Å²) in [6.07, 6.45) is -0.466. The Morgan fingerprint density at radius 2 is 2.06 bits per heavy atom. The summed E-state index contributed by atoms with van der Waals surface area (Å²) in [5.74, 6) is 0.360. The number of hydrogen-bond acceptors (Lipinski definition) is 4. The number of rotatable bonds is 6. The van der Waals surface area contributed by atoms with E-state index in [4.69, 9.17) is 9.84 Å². The molecule has 2 unspecified atom stereocenters. The SMILES string of the molecule is OCC(O)C(O)c1cc(F)ccc1OCC1CC1. The quantitative estimate of drug-likeness (QED) is 0.710. The molecule has 2 atom stereocenters. The molecule has 2 rings (SSSR count). The molecule has 0 heterocycles. The fourth-order valence-corrected chi connectivity index (χ4v) is 1.68. The molecule has 1 aliphatic rings. The second kappa shape index (κ2) is 5.65. The van der Waals surface area contributed by atoms with E-state index in [2.05, 4.69) is 0 Å². The highest BCUT2D eigenvalue weighted by Gasteiger charge is 2.25. The van der Waals surface area contributed by atoms with E-state index in [0.717, 1.165) is 18.9 Å². The molecule has 0 aliphatic heterocycles. The first-order valence-corrected chi connectivity index (χ1v) is 6.01. The first-order chi connectivity index (χ1) is 8.61. The van der Waals surface area contributed by atoms with E-state index in [9.17, 15) is 14.6 Å². The lowest BCUT2D eigenvalue weighted by Crippen LogP contribution is -2.23. The number of ether oxygens (including phenoxy) is 1. The van der Waals surface area contributed by atoms with Crippen LogP contribution in [-0.2, 0) is 0 Å². The largest absolute Gasteiger partial charge is 0.493 e. The van der Waals surface area contributed by atoms with Crippen LogP contribution in [0.25, 0.3) is 0 Å². The Balaban J connectivity index is 2.15. The van der Waals surface area contributed by atoms with E-state index in [1.165, 1.54) is 12.1 Å². The fraction of sp³-hybridized carbons (Fsp3) is 0.538. The zero-order valence-corrected chi connectivity index (χ0v) is 9.92. The smallest absolute Gasteiger partial charge is 0.125 e. The highest BCUT2D eigenvalue weighted by atomic mass is 19.1. The average molecular weight is 256 g/mol. The summed E-state index contributed by atoms with van der Waals surface area (Å²) in [5.41, 5.74) is 0.164. The second-order valence-electron chi connectivity index (χ2n) is 4.63. The van der Waals surface area contributed by atoms with Crippen molar-refractivity contribution in [2.75, 3.05) is 13.2 Å². The van der Waals surface area contributed by atoms with Crippen LogP contribution in [0.4, 0.5) is 4.39 Å². The van der Waals surface area contributed by atoms with Crippen LogP contribution in [-0.4, -0.2) is 34.6 Å². The minimum Gasteiger partial charge on any atom is -0.493 e. The predicted molar refractivity (Wildman–Crippen MR) is 62.7 cm³/mol. The molecule has 18 heavy (non-hydrogen) atoms. The van der Waals surface area contributed by atoms with E-state index < -0.39 is 24.6 Å². The number of aliphatic hydroxyl groups is 3. The van der Waals surface area contributed by atoms with Gasteiger partial charge in [0.15, 0.2) is 0 Å². The normalized spacial score (nSPS) is 18.4. The molecule has 0 saturated heterocycles. The molecule has 0 spiro atoms. The van der Waals surface area contributed by atoms with Gasteiger partial charge in [-0.3, -0.25) is 0 Å². The Bertz CT molecular complexity index is 406. The molecule has 0 amide bonds. The van der Waals surface area contributed by atoms with Crippen LogP contribution in [0.1, 0.15) is 24.5 Å². The molecular formula is C13H17FO4. The van der Waals surface area contributed by atoms with Crippen molar-refractivity contribution in [3.05, 3.63) is 29.6 Å². The molecule has 1 aromatic rings. The Morgan fingerprint density at radius 3 is 2.67 bits per heavy atom. The molecule has 5 heteroatoms. The molecule has 100 valence electrons. The standard InChI is InChI=1S/C13H17FO4/c14-9-3-4-12(18-7-8-1-2-8)10(5-9)13(17)11(16)6-15/h3-5,8,11,13,15-17H,1-2,6-7H2. The third-order valence-electron chi connectivity index (χ3n) is 3.01. The van der Waals surface area contributed by atoms with Crippen molar-refractivity contribution in [3.8, 4) is 5.75 Å². The molecule has 1 aromatic carbocycles. The van der Waals surface area contributed by atoms with Crippen LogP contribution in [0.5, 0.6) is 5.75 Å². The van der Waals surface area contributed by atoms with Crippen LogP contribution >= 0.6 is 0 Å². The summed E-state index contributed by atoms with van der Waals surface area (Å²) in [5, 5.41) is 28.0. The van der Waals surface area contributed by atoms with Crippen LogP contribution in [0.15, 0.2) is 18.2 Å². The van der Waals surface area contributed by atoms with Crippen LogP contribution in [0, 0.1) is 11.7 Å². The zero-order valence-electron chi connectivity index (χ0n) is 9.92. The summed E-state index contributed by atoms with van der Waals surface area (Å²) in [4.78, 5) is 0. The first-order valence-electron chi connectivity index (χ1n) is 6.01. The molecule has 4 nitrogen and oxygen atoms in total. The maximum absolute atomic E-state index is 13.2. The highest BCUT2D eigenvalue weighted by molar-refractivity contribution is 5.36. The molecule has 0 aromatic heterocycles. The minimum atomic E-state index is -1.36. The van der Waals surface area contributed by atoms with Gasteiger partial charge in [-0.1, -0.05) is 0 Å². The molecule has 0 bridgehead atoms. The van der Waals surface area contributed by atoms with Gasteiger partial charge in [-0.2, -0.15) is 0 Å². The van der Waals surface area contributed by atoms with Crippen LogP contribution in [0.3, 0.4) is 0 Å². The van der Waals surface area contributed by atoms with Gasteiger partial charge in [0.25, 0.3) is 0 Å². The summed E-state index contributed by atoms with van der Waals surface area (Å²) in [6, 6.07) is 3.79. The predicted octanol–water partition coefficient (Wildman–Crippen LogP) is 1.00. The van der Waals surface area contributed by atoms with Gasteiger partial charge in [-0.05, 0) is 37.0 Å². The minimum absolute atomic E-state index is 0.164. The van der Waals surface area contributed by atoms with Crippen molar-refractivity contribution in [2.24, 2.45) is 5.92 Å². The monoisotopic (exact) mass is 256 g/mol. The van der Waals surface area contributed by atoms with Crippen LogP contribution in [0.2, 0.25) is 0 Å². The van der Waals surface area contributed by atoms with E-state index in [1.54, 1.807) is 0 Å². The van der Waals surface area contributed by atoms with Gasteiger partial charge < -0.3 is 20.1 Å². The molecule has 0 radical (unpaired) electrons. The Morgan fingerprint density at radius 1 is 1.33 bits per heavy atom. The van der Waals surface area contributed by atoms with E-state index >= 15 is 0 Å². The number of hydrogen-bond donors (Lipinski definition) is 3. The lowest BCUT2D eigenvalue weighted by Gasteiger charge is -2.19. The fourth-order valence-electron chi connectivity index (χ4n) is 1.68. The van der Waals surface area contributed by atoms with Crippen molar-refractivity contribution in [1.82, 2.24) is 0 Å². The molecule has 3 N–H and O–H groups in total. The van der Waals surface area contributed by atoms with E-state index in [-0.39, 0.29) is 5.56 Å². The second-order valence-corrected chi connectivity index (χ2v) is 4.63. The highest BCUT2D eigenvalue weighted by Crippen LogP contribution is 2.32. The van der Waals surface area contributed by atoms with Gasteiger partial charge in [0, 0.05) is 5.56 Å². The lowest BCUT2D eigenvalue weighted by atomic mass is 10.0. The Labute approximate surface area is 105 Å². The van der Waals surface area contributed by atoms with Crippen LogP contribution < -0.4 is 4.74 Å². The summed E-state index contributed by atoms with van der Waals surface area (Å²) in [7, 11) is 0. The van der Waals surface area contributed by atoms with E-state index in [1.807, 2.05) is 0 Å². The van der Waals surface area contributed by atoms with Crippen molar-refractivity contribution >= 4 is 0 Å². The average Bonchev–Trinajstić information content (AvgIpc) is 3.19. The molecule has 1 aliphatic carbocycles. The number of halogens is 1. The van der Waals surface area contributed by atoms with Gasteiger partial charge >= 0.3 is 0 Å². The van der Waals surface area contributed by atoms with Gasteiger partial charge in [0.1, 0.15) is 23.8 Å². The third kappa shape index (κ3) is 3.19. The van der Waals surface area contributed by atoms with Crippen molar-refractivity contribution in [2.45, 2.75) is 25.0 Å².